The number of fused-ring (bicyclic) bond motifs is 2. The van der Waals surface area contributed by atoms with E-state index in [0.29, 0.717) is 17.1 Å². The molecule has 3 atom stereocenters. The second kappa shape index (κ2) is 5.69. The van der Waals surface area contributed by atoms with E-state index in [2.05, 4.69) is 6.92 Å². The summed E-state index contributed by atoms with van der Waals surface area (Å²) >= 11 is 0. The van der Waals surface area contributed by atoms with Gasteiger partial charge in [-0.05, 0) is 41.3 Å². The lowest BCUT2D eigenvalue weighted by Gasteiger charge is -2.35. The Morgan fingerprint density at radius 2 is 1.88 bits per heavy atom. The Hall–Kier alpha value is -2.69. The lowest BCUT2D eigenvalue weighted by Crippen LogP contribution is -2.32. The molecule has 130 valence electrons. The summed E-state index contributed by atoms with van der Waals surface area (Å²) < 4.78 is 16.1. The van der Waals surface area contributed by atoms with Crippen LogP contribution in [0.2, 0.25) is 0 Å². The van der Waals surface area contributed by atoms with Crippen molar-refractivity contribution in [1.29, 1.82) is 0 Å². The maximum absolute atomic E-state index is 12.8. The number of phenols is 1. The molecule has 5 heteroatoms. The molecule has 0 unspecified atom stereocenters. The van der Waals surface area contributed by atoms with Crippen LogP contribution in [0.5, 0.6) is 23.0 Å². The van der Waals surface area contributed by atoms with Crippen molar-refractivity contribution in [2.24, 2.45) is 11.8 Å². The molecule has 0 spiro atoms. The molecule has 4 rings (SSSR count). The van der Waals surface area contributed by atoms with Crippen molar-refractivity contribution in [1.82, 2.24) is 0 Å². The number of phenolic OH excluding ortho intramolecular Hbond substituents is 1. The number of Topliss-reactive ketones (excluding diaryl/α,β-unsaturated/α-hetero) is 1. The number of aromatic hydroxyl groups is 1. The minimum absolute atomic E-state index is 0.0194. The normalized spacial score (nSPS) is 24.1. The van der Waals surface area contributed by atoms with Gasteiger partial charge in [0.2, 0.25) is 6.79 Å². The molecule has 1 aliphatic carbocycles. The van der Waals surface area contributed by atoms with Gasteiger partial charge in [-0.3, -0.25) is 4.79 Å². The van der Waals surface area contributed by atoms with Crippen LogP contribution in [0, 0.1) is 11.8 Å². The summed E-state index contributed by atoms with van der Waals surface area (Å²) in [5.41, 5.74) is 2.48. The molecule has 0 fully saturated rings. The number of ketones is 1. The fourth-order valence-corrected chi connectivity index (χ4v) is 3.86. The molecule has 0 radical (unpaired) electrons. The van der Waals surface area contributed by atoms with Gasteiger partial charge in [-0.1, -0.05) is 19.9 Å². The third-order valence-electron chi connectivity index (χ3n) is 5.44. The molecule has 0 bridgehead atoms. The van der Waals surface area contributed by atoms with E-state index in [4.69, 9.17) is 14.2 Å². The lowest BCUT2D eigenvalue weighted by atomic mass is 9.67. The van der Waals surface area contributed by atoms with Crippen molar-refractivity contribution >= 4 is 5.78 Å². The quantitative estimate of drug-likeness (QED) is 0.902. The molecule has 1 N–H and O–H groups in total. The minimum atomic E-state index is -0.128. The molecule has 0 aromatic heterocycles. The highest BCUT2D eigenvalue weighted by Crippen LogP contribution is 2.48. The Labute approximate surface area is 146 Å². The van der Waals surface area contributed by atoms with Crippen LogP contribution in [0.3, 0.4) is 0 Å². The van der Waals surface area contributed by atoms with Gasteiger partial charge in [-0.2, -0.15) is 0 Å². The van der Waals surface area contributed by atoms with Gasteiger partial charge in [0.15, 0.2) is 28.8 Å². The van der Waals surface area contributed by atoms with Crippen LogP contribution in [0.4, 0.5) is 0 Å². The zero-order valence-electron chi connectivity index (χ0n) is 14.4. The summed E-state index contributed by atoms with van der Waals surface area (Å²) in [6, 6.07) is 9.17. The van der Waals surface area contributed by atoms with E-state index in [0.717, 1.165) is 16.9 Å². The first-order valence-electron chi connectivity index (χ1n) is 8.36. The Kier molecular flexibility index (Phi) is 3.60. The van der Waals surface area contributed by atoms with Gasteiger partial charge in [0.25, 0.3) is 0 Å². The van der Waals surface area contributed by atoms with E-state index in [1.165, 1.54) is 7.11 Å². The maximum Gasteiger partial charge on any atom is 0.231 e. The van der Waals surface area contributed by atoms with Gasteiger partial charge >= 0.3 is 0 Å². The molecule has 1 heterocycles. The van der Waals surface area contributed by atoms with Crippen LogP contribution in [0.25, 0.3) is 0 Å². The number of carbonyl (C=O) groups excluding carboxylic acids is 1. The van der Waals surface area contributed by atoms with Crippen molar-refractivity contribution in [3.63, 3.8) is 0 Å². The van der Waals surface area contributed by atoms with E-state index in [1.807, 2.05) is 25.1 Å². The predicted octanol–water partition coefficient (Wildman–Crippen LogP) is 3.73. The van der Waals surface area contributed by atoms with Crippen LogP contribution in [-0.4, -0.2) is 24.8 Å². The maximum atomic E-state index is 12.8. The van der Waals surface area contributed by atoms with Gasteiger partial charge in [-0.25, -0.2) is 0 Å². The molecule has 5 nitrogen and oxygen atoms in total. The van der Waals surface area contributed by atoms with E-state index in [-0.39, 0.29) is 36.1 Å². The first kappa shape index (κ1) is 15.8. The number of hydrogen-bond donors (Lipinski definition) is 1. The molecule has 0 saturated carbocycles. The van der Waals surface area contributed by atoms with E-state index < -0.39 is 0 Å². The number of carbonyl (C=O) groups is 1. The average Bonchev–Trinajstić information content (AvgIpc) is 3.07. The molecular weight excluding hydrogens is 320 g/mol. The Morgan fingerprint density at radius 1 is 1.12 bits per heavy atom. The Balaban J connectivity index is 1.89. The topological polar surface area (TPSA) is 65.0 Å². The van der Waals surface area contributed by atoms with Crippen molar-refractivity contribution in [3.8, 4) is 23.0 Å². The SMILES string of the molecule is COc1cc2c(cc1O)[C@H](c1ccc3c(c1)OCO3)[C@@H](C)[C@@H](C)C2=O. The number of benzene rings is 2. The molecule has 2 aromatic carbocycles. The van der Waals surface area contributed by atoms with Crippen LogP contribution < -0.4 is 14.2 Å². The predicted molar refractivity (Wildman–Crippen MR) is 91.7 cm³/mol. The summed E-state index contributed by atoms with van der Waals surface area (Å²) in [6.07, 6.45) is 0. The summed E-state index contributed by atoms with van der Waals surface area (Å²) in [4.78, 5) is 12.8. The molecular formula is C20H20O5. The standard InChI is InChI=1S/C20H20O5/c1-10-11(2)20(22)14-8-17(23-3)15(21)7-13(14)19(10)12-4-5-16-18(6-12)25-9-24-16/h4-8,10-11,19,21H,9H2,1-3H3/t10-,11+,19-/m0/s1. The van der Waals surface area contributed by atoms with Crippen molar-refractivity contribution in [3.05, 3.63) is 47.0 Å². The molecule has 0 amide bonds. The zero-order chi connectivity index (χ0) is 17.7. The highest BCUT2D eigenvalue weighted by Gasteiger charge is 2.39. The van der Waals surface area contributed by atoms with E-state index in [1.54, 1.807) is 12.1 Å². The second-order valence-corrected chi connectivity index (χ2v) is 6.71. The fraction of sp³-hybridized carbons (Fsp3) is 0.350. The van der Waals surface area contributed by atoms with Crippen LogP contribution in [0.15, 0.2) is 30.3 Å². The molecule has 0 saturated heterocycles. The second-order valence-electron chi connectivity index (χ2n) is 6.71. The third-order valence-corrected chi connectivity index (χ3v) is 5.44. The number of hydrogen-bond acceptors (Lipinski definition) is 5. The summed E-state index contributed by atoms with van der Waals surface area (Å²) in [6.45, 7) is 4.25. The van der Waals surface area contributed by atoms with Crippen molar-refractivity contribution in [2.75, 3.05) is 13.9 Å². The van der Waals surface area contributed by atoms with Gasteiger partial charge in [-0.15, -0.1) is 0 Å². The highest BCUT2D eigenvalue weighted by molar-refractivity contribution is 6.01. The Bertz CT molecular complexity index is 857. The lowest BCUT2D eigenvalue weighted by molar-refractivity contribution is 0.0865. The number of rotatable bonds is 2. The zero-order valence-corrected chi connectivity index (χ0v) is 14.4. The summed E-state index contributed by atoms with van der Waals surface area (Å²) in [5, 5.41) is 10.2. The monoisotopic (exact) mass is 340 g/mol. The number of methoxy groups -OCH3 is 1. The fourth-order valence-electron chi connectivity index (χ4n) is 3.86. The van der Waals surface area contributed by atoms with Crippen LogP contribution in [0.1, 0.15) is 41.3 Å². The number of ether oxygens (including phenoxy) is 3. The van der Waals surface area contributed by atoms with Gasteiger partial charge in [0, 0.05) is 17.4 Å². The van der Waals surface area contributed by atoms with E-state index >= 15 is 0 Å². The van der Waals surface area contributed by atoms with E-state index in [9.17, 15) is 9.90 Å². The molecule has 2 aliphatic rings. The largest absolute Gasteiger partial charge is 0.504 e. The van der Waals surface area contributed by atoms with Crippen molar-refractivity contribution in [2.45, 2.75) is 19.8 Å². The molecule has 1 aliphatic heterocycles. The first-order chi connectivity index (χ1) is 12.0. The first-order valence-corrected chi connectivity index (χ1v) is 8.36. The minimum Gasteiger partial charge on any atom is -0.504 e. The molecule has 25 heavy (non-hydrogen) atoms. The van der Waals surface area contributed by atoms with Crippen LogP contribution in [-0.2, 0) is 0 Å². The summed E-state index contributed by atoms with van der Waals surface area (Å²) in [5.74, 6) is 1.83. The Morgan fingerprint density at radius 3 is 2.64 bits per heavy atom. The average molecular weight is 340 g/mol. The summed E-state index contributed by atoms with van der Waals surface area (Å²) in [7, 11) is 1.48. The van der Waals surface area contributed by atoms with Gasteiger partial charge < -0.3 is 19.3 Å². The van der Waals surface area contributed by atoms with Gasteiger partial charge in [0.05, 0.1) is 7.11 Å². The smallest absolute Gasteiger partial charge is 0.231 e. The highest BCUT2D eigenvalue weighted by atomic mass is 16.7. The third kappa shape index (κ3) is 2.34. The van der Waals surface area contributed by atoms with Gasteiger partial charge in [0.1, 0.15) is 0 Å². The van der Waals surface area contributed by atoms with Crippen molar-refractivity contribution < 1.29 is 24.1 Å². The molecule has 2 aromatic rings. The van der Waals surface area contributed by atoms with Crippen LogP contribution >= 0.6 is 0 Å².